The molecule has 1 heterocycles. The van der Waals surface area contributed by atoms with Gasteiger partial charge in [-0.05, 0) is 29.7 Å². The van der Waals surface area contributed by atoms with Gasteiger partial charge in [-0.25, -0.2) is 0 Å². The Kier molecular flexibility index (Phi) is 1.87. The van der Waals surface area contributed by atoms with E-state index in [2.05, 4.69) is 25.9 Å². The second-order valence-electron chi connectivity index (χ2n) is 6.04. The van der Waals surface area contributed by atoms with Crippen LogP contribution in [0.25, 0.3) is 0 Å². The molecule has 3 rings (SSSR count). The molecule has 1 aromatic rings. The largest absolute Gasteiger partial charge is 0.394 e. The summed E-state index contributed by atoms with van der Waals surface area (Å²) in [6, 6.07) is 0. The maximum absolute atomic E-state index is 9.09. The van der Waals surface area contributed by atoms with Gasteiger partial charge < -0.3 is 5.11 Å². The predicted molar refractivity (Wildman–Crippen MR) is 62.4 cm³/mol. The van der Waals surface area contributed by atoms with E-state index in [1.165, 1.54) is 24.1 Å². The lowest BCUT2D eigenvalue weighted by atomic mass is 9.70. The minimum Gasteiger partial charge on any atom is -0.394 e. The lowest BCUT2D eigenvalue weighted by Crippen LogP contribution is -2.34. The molecule has 16 heavy (non-hydrogen) atoms. The average Bonchev–Trinajstić information content (AvgIpc) is 2.76. The van der Waals surface area contributed by atoms with Crippen molar-refractivity contribution in [3.63, 3.8) is 0 Å². The normalized spacial score (nSPS) is 34.4. The molecule has 2 aliphatic carbocycles. The highest BCUT2D eigenvalue weighted by Gasteiger charge is 2.61. The molecule has 0 saturated heterocycles. The summed E-state index contributed by atoms with van der Waals surface area (Å²) >= 11 is 0. The molecule has 2 bridgehead atoms. The Morgan fingerprint density at radius 2 is 2.25 bits per heavy atom. The quantitative estimate of drug-likeness (QED) is 0.828. The van der Waals surface area contributed by atoms with Gasteiger partial charge in [0.25, 0.3) is 0 Å². The lowest BCUT2D eigenvalue weighted by Gasteiger charge is -2.35. The maximum Gasteiger partial charge on any atom is 0.0644 e. The van der Waals surface area contributed by atoms with Crippen molar-refractivity contribution in [1.82, 2.24) is 9.78 Å². The van der Waals surface area contributed by atoms with E-state index in [1.807, 2.05) is 10.9 Å². The molecule has 0 radical (unpaired) electrons. The van der Waals surface area contributed by atoms with Crippen molar-refractivity contribution in [1.29, 1.82) is 0 Å². The number of aromatic nitrogens is 2. The number of hydrogen-bond acceptors (Lipinski definition) is 2. The Morgan fingerprint density at radius 1 is 1.50 bits per heavy atom. The Hall–Kier alpha value is -0.830. The second kappa shape index (κ2) is 2.89. The fourth-order valence-corrected chi connectivity index (χ4v) is 3.99. The molecule has 1 fully saturated rings. The van der Waals surface area contributed by atoms with E-state index in [4.69, 9.17) is 5.11 Å². The van der Waals surface area contributed by atoms with Crippen LogP contribution in [0.15, 0.2) is 6.20 Å². The van der Waals surface area contributed by atoms with Crippen LogP contribution in [-0.4, -0.2) is 21.5 Å². The van der Waals surface area contributed by atoms with Crippen LogP contribution >= 0.6 is 0 Å². The molecule has 3 nitrogen and oxygen atoms in total. The van der Waals surface area contributed by atoms with Crippen molar-refractivity contribution in [3.8, 4) is 0 Å². The topological polar surface area (TPSA) is 38.0 Å². The fraction of sp³-hybridized carbons (Fsp3) is 0.769. The van der Waals surface area contributed by atoms with E-state index in [0.29, 0.717) is 17.9 Å². The first kappa shape index (κ1) is 10.3. The molecule has 1 N–H and O–H groups in total. The minimum absolute atomic E-state index is 0.176. The van der Waals surface area contributed by atoms with Crippen LogP contribution in [0, 0.1) is 5.41 Å². The monoisotopic (exact) mass is 220 g/mol. The Bertz CT molecular complexity index is 435. The Balaban J connectivity index is 2.17. The van der Waals surface area contributed by atoms with E-state index in [9.17, 15) is 0 Å². The molecule has 0 aromatic carbocycles. The van der Waals surface area contributed by atoms with Crippen molar-refractivity contribution >= 4 is 0 Å². The molecule has 2 atom stereocenters. The molecule has 3 heteroatoms. The summed E-state index contributed by atoms with van der Waals surface area (Å²) < 4.78 is 2.02. The lowest BCUT2D eigenvalue weighted by molar-refractivity contribution is 0.209. The molecule has 1 aromatic heterocycles. The third-order valence-electron chi connectivity index (χ3n) is 5.30. The number of nitrogens with zero attached hydrogens (tertiary/aromatic N) is 2. The zero-order chi connectivity index (χ0) is 11.6. The molecule has 0 aliphatic heterocycles. The van der Waals surface area contributed by atoms with Crippen molar-refractivity contribution in [2.24, 2.45) is 5.41 Å². The summed E-state index contributed by atoms with van der Waals surface area (Å²) in [4.78, 5) is 0. The van der Waals surface area contributed by atoms with Crippen LogP contribution in [0.1, 0.15) is 50.8 Å². The fourth-order valence-electron chi connectivity index (χ4n) is 3.99. The minimum atomic E-state index is 0.176. The summed E-state index contributed by atoms with van der Waals surface area (Å²) in [5.74, 6) is 0.667. The molecule has 2 aliphatic rings. The zero-order valence-corrected chi connectivity index (χ0v) is 10.3. The highest BCUT2D eigenvalue weighted by Crippen LogP contribution is 2.67. The zero-order valence-electron chi connectivity index (χ0n) is 10.3. The molecule has 0 unspecified atom stereocenters. The number of rotatable bonds is 2. The molecule has 88 valence electrons. The van der Waals surface area contributed by atoms with Gasteiger partial charge in [-0.1, -0.05) is 20.8 Å². The molecular formula is C13H20N2O. The third-order valence-corrected chi connectivity index (χ3v) is 5.30. The van der Waals surface area contributed by atoms with Gasteiger partial charge in [0.2, 0.25) is 0 Å². The number of fused-ring (bicyclic) bond motifs is 5. The Labute approximate surface area is 96.5 Å². The smallest absolute Gasteiger partial charge is 0.0644 e. The second-order valence-corrected chi connectivity index (χ2v) is 6.04. The van der Waals surface area contributed by atoms with Gasteiger partial charge in [0, 0.05) is 11.1 Å². The number of aliphatic hydroxyl groups excluding tert-OH is 1. The predicted octanol–water partition coefficient (Wildman–Crippen LogP) is 2.05. The van der Waals surface area contributed by atoms with Crippen LogP contribution in [0.3, 0.4) is 0 Å². The molecule has 1 saturated carbocycles. The maximum atomic E-state index is 9.09. The average molecular weight is 220 g/mol. The van der Waals surface area contributed by atoms with Crippen molar-refractivity contribution in [2.45, 2.75) is 51.5 Å². The number of aliphatic hydroxyl groups is 1. The summed E-state index contributed by atoms with van der Waals surface area (Å²) in [5, 5.41) is 13.5. The first-order valence-electron chi connectivity index (χ1n) is 6.19. The van der Waals surface area contributed by atoms with Gasteiger partial charge in [-0.2, -0.15) is 5.10 Å². The van der Waals surface area contributed by atoms with Crippen molar-refractivity contribution < 1.29 is 5.11 Å². The van der Waals surface area contributed by atoms with Crippen LogP contribution in [0.5, 0.6) is 0 Å². The first-order chi connectivity index (χ1) is 7.52. The van der Waals surface area contributed by atoms with Crippen LogP contribution < -0.4 is 0 Å². The van der Waals surface area contributed by atoms with Crippen LogP contribution in [0.4, 0.5) is 0 Å². The van der Waals surface area contributed by atoms with E-state index < -0.39 is 0 Å². The summed E-state index contributed by atoms with van der Waals surface area (Å²) in [6.45, 7) is 7.94. The highest BCUT2D eigenvalue weighted by atomic mass is 16.3. The van der Waals surface area contributed by atoms with Crippen LogP contribution in [0.2, 0.25) is 0 Å². The van der Waals surface area contributed by atoms with Gasteiger partial charge >= 0.3 is 0 Å². The highest BCUT2D eigenvalue weighted by molar-refractivity contribution is 5.44. The standard InChI is InChI=1S/C13H20N2O/c1-12(2)10-4-5-13(12,3)11-9(10)8-14-15(11)6-7-16/h8,10,16H,4-7H2,1-3H3/t10-,13+/m1/s1. The molecular weight excluding hydrogens is 200 g/mol. The van der Waals surface area contributed by atoms with Crippen molar-refractivity contribution in [3.05, 3.63) is 17.5 Å². The Morgan fingerprint density at radius 3 is 2.94 bits per heavy atom. The third kappa shape index (κ3) is 0.915. The van der Waals surface area contributed by atoms with Crippen molar-refractivity contribution in [2.75, 3.05) is 6.61 Å². The summed E-state index contributed by atoms with van der Waals surface area (Å²) in [7, 11) is 0. The van der Waals surface area contributed by atoms with E-state index in [-0.39, 0.29) is 12.0 Å². The molecule has 0 amide bonds. The summed E-state index contributed by atoms with van der Waals surface area (Å²) in [5.41, 5.74) is 3.42. The van der Waals surface area contributed by atoms with Gasteiger partial charge in [-0.15, -0.1) is 0 Å². The van der Waals surface area contributed by atoms with E-state index in [1.54, 1.807) is 0 Å². The van der Waals surface area contributed by atoms with Gasteiger partial charge in [-0.3, -0.25) is 4.68 Å². The van der Waals surface area contributed by atoms with E-state index >= 15 is 0 Å². The summed E-state index contributed by atoms with van der Waals surface area (Å²) in [6.07, 6.45) is 4.58. The van der Waals surface area contributed by atoms with Gasteiger partial charge in [0.1, 0.15) is 0 Å². The van der Waals surface area contributed by atoms with Crippen LogP contribution in [-0.2, 0) is 12.0 Å². The molecule has 0 spiro atoms. The first-order valence-corrected chi connectivity index (χ1v) is 6.19. The van der Waals surface area contributed by atoms with Gasteiger partial charge in [0.05, 0.1) is 19.3 Å². The SMILES string of the molecule is CC1(C)[C@@H]2CC[C@@]1(C)c1c2cnn1CCO. The number of hydrogen-bond donors (Lipinski definition) is 1. The van der Waals surface area contributed by atoms with Gasteiger partial charge in [0.15, 0.2) is 0 Å². The van der Waals surface area contributed by atoms with E-state index in [0.717, 1.165) is 0 Å².